The predicted molar refractivity (Wildman–Crippen MR) is 87.1 cm³/mol. The summed E-state index contributed by atoms with van der Waals surface area (Å²) in [6, 6.07) is 6.03. The van der Waals surface area contributed by atoms with E-state index in [0.717, 1.165) is 37.6 Å². The van der Waals surface area contributed by atoms with Gasteiger partial charge in [0.15, 0.2) is 0 Å². The number of aromatic nitrogens is 3. The van der Waals surface area contributed by atoms with Gasteiger partial charge in [0.2, 0.25) is 5.88 Å². The summed E-state index contributed by atoms with van der Waals surface area (Å²) in [5.41, 5.74) is 0.968. The largest absolute Gasteiger partial charge is 0.481 e. The Morgan fingerprint density at radius 1 is 1.39 bits per heavy atom. The summed E-state index contributed by atoms with van der Waals surface area (Å²) in [7, 11) is 3.68. The number of ether oxygens (including phenoxy) is 2. The number of hydrogen-bond donors (Lipinski definition) is 1. The zero-order valence-electron chi connectivity index (χ0n) is 13.7. The van der Waals surface area contributed by atoms with Crippen LogP contribution >= 0.6 is 0 Å². The molecule has 3 rings (SSSR count). The molecule has 0 radical (unpaired) electrons. The van der Waals surface area contributed by atoms with E-state index < -0.39 is 0 Å². The maximum Gasteiger partial charge on any atom is 0.213 e. The minimum absolute atomic E-state index is 0.201. The molecule has 0 spiro atoms. The van der Waals surface area contributed by atoms with Crippen LogP contribution in [0.1, 0.15) is 30.4 Å². The normalized spacial score (nSPS) is 17.1. The lowest BCUT2D eigenvalue weighted by atomic mass is 9.91. The molecular formula is C17H24N4O2. The van der Waals surface area contributed by atoms with Crippen molar-refractivity contribution in [3.63, 3.8) is 0 Å². The third-order valence-corrected chi connectivity index (χ3v) is 4.37. The second kappa shape index (κ2) is 7.57. The van der Waals surface area contributed by atoms with Gasteiger partial charge in [0.25, 0.3) is 0 Å². The predicted octanol–water partition coefficient (Wildman–Crippen LogP) is 2.08. The average molecular weight is 316 g/mol. The molecule has 0 aromatic carbocycles. The molecule has 23 heavy (non-hydrogen) atoms. The van der Waals surface area contributed by atoms with Crippen molar-refractivity contribution in [1.29, 1.82) is 0 Å². The van der Waals surface area contributed by atoms with E-state index in [1.54, 1.807) is 7.11 Å². The van der Waals surface area contributed by atoms with E-state index in [4.69, 9.17) is 9.47 Å². The lowest BCUT2D eigenvalue weighted by Crippen LogP contribution is -2.33. The first-order valence-electron chi connectivity index (χ1n) is 8.06. The summed E-state index contributed by atoms with van der Waals surface area (Å²) in [6.45, 7) is 2.33. The Morgan fingerprint density at radius 2 is 2.22 bits per heavy atom. The second-order valence-corrected chi connectivity index (χ2v) is 5.88. The van der Waals surface area contributed by atoms with E-state index in [2.05, 4.69) is 19.9 Å². The van der Waals surface area contributed by atoms with Crippen molar-refractivity contribution >= 4 is 0 Å². The van der Waals surface area contributed by atoms with Crippen LogP contribution in [0.15, 0.2) is 30.6 Å². The molecule has 0 saturated carbocycles. The van der Waals surface area contributed by atoms with Gasteiger partial charge in [-0.1, -0.05) is 6.07 Å². The standard InChI is InChI=1S/C17H24N4O2/c1-21-9-8-18-17(21)16(13-6-10-23-11-7-13)19-12-14-4-3-5-15(20-14)22-2/h3-5,8-9,13,16,19H,6-7,10-12H2,1-2H3/t16-/m1/s1. The number of nitrogens with zero attached hydrogens (tertiary/aromatic N) is 3. The molecule has 1 aliphatic heterocycles. The van der Waals surface area contributed by atoms with E-state index in [0.29, 0.717) is 18.3 Å². The van der Waals surface area contributed by atoms with E-state index in [1.165, 1.54) is 0 Å². The zero-order chi connectivity index (χ0) is 16.1. The van der Waals surface area contributed by atoms with Crippen molar-refractivity contribution in [3.05, 3.63) is 42.1 Å². The molecule has 1 atom stereocenters. The van der Waals surface area contributed by atoms with Crippen LogP contribution in [0.2, 0.25) is 0 Å². The monoisotopic (exact) mass is 316 g/mol. The van der Waals surface area contributed by atoms with Crippen molar-refractivity contribution in [2.24, 2.45) is 13.0 Å². The molecule has 0 unspecified atom stereocenters. The van der Waals surface area contributed by atoms with Gasteiger partial charge in [-0.2, -0.15) is 0 Å². The van der Waals surface area contributed by atoms with Crippen LogP contribution < -0.4 is 10.1 Å². The number of hydrogen-bond acceptors (Lipinski definition) is 5. The van der Waals surface area contributed by atoms with Crippen LogP contribution in [-0.2, 0) is 18.3 Å². The topological polar surface area (TPSA) is 61.2 Å². The maximum atomic E-state index is 5.51. The van der Waals surface area contributed by atoms with Crippen molar-refractivity contribution in [2.75, 3.05) is 20.3 Å². The molecule has 2 aromatic heterocycles. The highest BCUT2D eigenvalue weighted by Crippen LogP contribution is 2.29. The lowest BCUT2D eigenvalue weighted by Gasteiger charge is -2.30. The van der Waals surface area contributed by atoms with Crippen LogP contribution in [0.5, 0.6) is 5.88 Å². The molecule has 6 nitrogen and oxygen atoms in total. The van der Waals surface area contributed by atoms with Gasteiger partial charge in [-0.15, -0.1) is 0 Å². The number of aryl methyl sites for hydroxylation is 1. The molecule has 0 amide bonds. The van der Waals surface area contributed by atoms with Gasteiger partial charge in [-0.05, 0) is 24.8 Å². The highest BCUT2D eigenvalue weighted by atomic mass is 16.5. The molecule has 0 bridgehead atoms. The van der Waals surface area contributed by atoms with Crippen molar-refractivity contribution in [3.8, 4) is 5.88 Å². The molecule has 0 aliphatic carbocycles. The summed E-state index contributed by atoms with van der Waals surface area (Å²) in [5.74, 6) is 2.24. The Kier molecular flexibility index (Phi) is 5.25. The first-order valence-corrected chi connectivity index (χ1v) is 8.06. The van der Waals surface area contributed by atoms with Crippen LogP contribution in [-0.4, -0.2) is 34.9 Å². The van der Waals surface area contributed by atoms with E-state index in [9.17, 15) is 0 Å². The lowest BCUT2D eigenvalue weighted by molar-refractivity contribution is 0.0517. The summed E-state index contributed by atoms with van der Waals surface area (Å²) in [5, 5.41) is 3.64. The number of nitrogens with one attached hydrogen (secondary N) is 1. The quantitative estimate of drug-likeness (QED) is 0.884. The summed E-state index contributed by atoms with van der Waals surface area (Å²) in [4.78, 5) is 9.03. The number of methoxy groups -OCH3 is 1. The average Bonchev–Trinajstić information content (AvgIpc) is 3.02. The Bertz CT molecular complexity index is 623. The summed E-state index contributed by atoms with van der Waals surface area (Å²) >= 11 is 0. The Morgan fingerprint density at radius 3 is 2.91 bits per heavy atom. The molecule has 1 saturated heterocycles. The fourth-order valence-electron chi connectivity index (χ4n) is 3.08. The van der Waals surface area contributed by atoms with E-state index in [-0.39, 0.29) is 6.04 Å². The van der Waals surface area contributed by atoms with Gasteiger partial charge >= 0.3 is 0 Å². The van der Waals surface area contributed by atoms with E-state index >= 15 is 0 Å². The van der Waals surface area contributed by atoms with Gasteiger partial charge in [-0.3, -0.25) is 0 Å². The SMILES string of the molecule is COc1cccc(CN[C@@H](c2nccn2C)C2CCOCC2)n1. The molecule has 2 aromatic rings. The number of pyridine rings is 1. The molecule has 3 heterocycles. The maximum absolute atomic E-state index is 5.51. The molecule has 1 fully saturated rings. The van der Waals surface area contributed by atoms with Crippen LogP contribution in [0.4, 0.5) is 0 Å². The first-order chi connectivity index (χ1) is 11.3. The highest BCUT2D eigenvalue weighted by Gasteiger charge is 2.27. The van der Waals surface area contributed by atoms with Gasteiger partial charge in [0.05, 0.1) is 18.8 Å². The van der Waals surface area contributed by atoms with Gasteiger partial charge in [0, 0.05) is 45.3 Å². The fourth-order valence-corrected chi connectivity index (χ4v) is 3.08. The molecule has 124 valence electrons. The third kappa shape index (κ3) is 3.89. The second-order valence-electron chi connectivity index (χ2n) is 5.88. The number of imidazole rings is 1. The van der Waals surface area contributed by atoms with Crippen molar-refractivity contribution < 1.29 is 9.47 Å². The highest BCUT2D eigenvalue weighted by molar-refractivity contribution is 5.16. The Labute approximate surface area is 136 Å². The number of rotatable bonds is 6. The van der Waals surface area contributed by atoms with Gasteiger partial charge in [-0.25, -0.2) is 9.97 Å². The van der Waals surface area contributed by atoms with Gasteiger partial charge < -0.3 is 19.4 Å². The minimum Gasteiger partial charge on any atom is -0.481 e. The Balaban J connectivity index is 1.74. The van der Waals surface area contributed by atoms with Gasteiger partial charge in [0.1, 0.15) is 5.82 Å². The fraction of sp³-hybridized carbons (Fsp3) is 0.529. The zero-order valence-corrected chi connectivity index (χ0v) is 13.7. The smallest absolute Gasteiger partial charge is 0.213 e. The molecule has 1 N–H and O–H groups in total. The van der Waals surface area contributed by atoms with Crippen LogP contribution in [0.25, 0.3) is 0 Å². The minimum atomic E-state index is 0.201. The van der Waals surface area contributed by atoms with Crippen LogP contribution in [0.3, 0.4) is 0 Å². The molecule has 6 heteroatoms. The molecular weight excluding hydrogens is 292 g/mol. The Hall–Kier alpha value is -1.92. The molecule has 1 aliphatic rings. The first kappa shape index (κ1) is 16.0. The van der Waals surface area contributed by atoms with E-state index in [1.807, 2.05) is 37.6 Å². The summed E-state index contributed by atoms with van der Waals surface area (Å²) in [6.07, 6.45) is 5.95. The summed E-state index contributed by atoms with van der Waals surface area (Å²) < 4.78 is 12.8. The van der Waals surface area contributed by atoms with Crippen molar-refractivity contribution in [2.45, 2.75) is 25.4 Å². The van der Waals surface area contributed by atoms with Crippen molar-refractivity contribution in [1.82, 2.24) is 19.9 Å². The third-order valence-electron chi connectivity index (χ3n) is 4.37. The van der Waals surface area contributed by atoms with Crippen LogP contribution in [0, 0.1) is 5.92 Å².